The fraction of sp³-hybridized carbons (Fsp3) is 0.667. The van der Waals surface area contributed by atoms with Crippen LogP contribution >= 0.6 is 15.9 Å². The van der Waals surface area contributed by atoms with E-state index in [0.717, 1.165) is 28.7 Å². The van der Waals surface area contributed by atoms with Crippen LogP contribution in [0.25, 0.3) is 0 Å². The number of hydrogen-bond acceptors (Lipinski definition) is 3. The van der Waals surface area contributed by atoms with Crippen molar-refractivity contribution in [1.82, 2.24) is 9.78 Å². The molecular formula is C12H17BrN2O2. The van der Waals surface area contributed by atoms with Gasteiger partial charge in [-0.15, -0.1) is 0 Å². The standard InChI is InChI=1S/C12H17BrN2O2/c1-7-4-5-11(17-7)10(16)6-9-12(13)8(2)14-15(9)3/h7,11H,4-6H2,1-3H3. The fourth-order valence-corrected chi connectivity index (χ4v) is 2.67. The van der Waals surface area contributed by atoms with Gasteiger partial charge in [0.1, 0.15) is 6.10 Å². The highest BCUT2D eigenvalue weighted by Gasteiger charge is 2.29. The number of carbonyl (C=O) groups is 1. The highest BCUT2D eigenvalue weighted by atomic mass is 79.9. The SMILES string of the molecule is Cc1nn(C)c(CC(=O)C2CCC(C)O2)c1Br. The van der Waals surface area contributed by atoms with Crippen molar-refractivity contribution in [3.63, 3.8) is 0 Å². The van der Waals surface area contributed by atoms with Crippen molar-refractivity contribution in [2.45, 2.75) is 45.3 Å². The first kappa shape index (κ1) is 12.8. The molecule has 1 aromatic rings. The summed E-state index contributed by atoms with van der Waals surface area (Å²) in [6.07, 6.45) is 2.18. The van der Waals surface area contributed by atoms with Gasteiger partial charge in [-0.25, -0.2) is 0 Å². The van der Waals surface area contributed by atoms with E-state index in [9.17, 15) is 4.79 Å². The summed E-state index contributed by atoms with van der Waals surface area (Å²) >= 11 is 3.47. The third-order valence-electron chi connectivity index (χ3n) is 3.19. The molecule has 0 bridgehead atoms. The molecule has 1 aliphatic rings. The van der Waals surface area contributed by atoms with Gasteiger partial charge in [0, 0.05) is 7.05 Å². The van der Waals surface area contributed by atoms with E-state index < -0.39 is 0 Å². The number of hydrogen-bond donors (Lipinski definition) is 0. The van der Waals surface area contributed by atoms with Crippen LogP contribution in [0.5, 0.6) is 0 Å². The Hall–Kier alpha value is -0.680. The molecule has 17 heavy (non-hydrogen) atoms. The molecule has 5 heteroatoms. The number of ether oxygens (including phenoxy) is 1. The summed E-state index contributed by atoms with van der Waals surface area (Å²) in [5.41, 5.74) is 1.84. The summed E-state index contributed by atoms with van der Waals surface area (Å²) < 4.78 is 8.28. The van der Waals surface area contributed by atoms with Gasteiger partial charge in [-0.3, -0.25) is 9.48 Å². The topological polar surface area (TPSA) is 44.1 Å². The molecule has 0 amide bonds. The molecule has 2 unspecified atom stereocenters. The summed E-state index contributed by atoms with van der Waals surface area (Å²) in [6, 6.07) is 0. The Morgan fingerprint density at radius 3 is 2.76 bits per heavy atom. The van der Waals surface area contributed by atoms with E-state index in [1.54, 1.807) is 4.68 Å². The first-order chi connectivity index (χ1) is 7.99. The van der Waals surface area contributed by atoms with Crippen LogP contribution in [-0.4, -0.2) is 27.8 Å². The largest absolute Gasteiger partial charge is 0.367 e. The lowest BCUT2D eigenvalue weighted by atomic mass is 10.1. The van der Waals surface area contributed by atoms with Crippen LogP contribution in [0.3, 0.4) is 0 Å². The van der Waals surface area contributed by atoms with Gasteiger partial charge in [0.15, 0.2) is 5.78 Å². The maximum Gasteiger partial charge on any atom is 0.167 e. The highest BCUT2D eigenvalue weighted by Crippen LogP contribution is 2.24. The monoisotopic (exact) mass is 300 g/mol. The number of rotatable bonds is 3. The summed E-state index contributed by atoms with van der Waals surface area (Å²) in [5, 5.41) is 4.28. The third kappa shape index (κ3) is 2.60. The molecule has 94 valence electrons. The molecule has 1 aromatic heterocycles. The first-order valence-corrected chi connectivity index (χ1v) is 6.64. The van der Waals surface area contributed by atoms with Crippen molar-refractivity contribution < 1.29 is 9.53 Å². The van der Waals surface area contributed by atoms with E-state index in [0.29, 0.717) is 6.42 Å². The molecule has 0 aromatic carbocycles. The second-order valence-electron chi connectivity index (χ2n) is 4.63. The van der Waals surface area contributed by atoms with Gasteiger partial charge in [-0.05, 0) is 42.6 Å². The molecule has 0 N–H and O–H groups in total. The summed E-state index contributed by atoms with van der Waals surface area (Å²) in [5.74, 6) is 0.151. The molecule has 2 heterocycles. The molecule has 2 atom stereocenters. The van der Waals surface area contributed by atoms with Crippen molar-refractivity contribution in [2.24, 2.45) is 7.05 Å². The van der Waals surface area contributed by atoms with E-state index in [1.165, 1.54) is 0 Å². The van der Waals surface area contributed by atoms with Crippen molar-refractivity contribution in [2.75, 3.05) is 0 Å². The van der Waals surface area contributed by atoms with Gasteiger partial charge in [-0.2, -0.15) is 5.10 Å². The van der Waals surface area contributed by atoms with Gasteiger partial charge < -0.3 is 4.74 Å². The van der Waals surface area contributed by atoms with Crippen molar-refractivity contribution in [1.29, 1.82) is 0 Å². The van der Waals surface area contributed by atoms with Crippen LogP contribution in [0, 0.1) is 6.92 Å². The van der Waals surface area contributed by atoms with Gasteiger partial charge in [-0.1, -0.05) is 0 Å². The summed E-state index contributed by atoms with van der Waals surface area (Å²) in [6.45, 7) is 3.93. The van der Waals surface area contributed by atoms with Crippen LogP contribution in [0.15, 0.2) is 4.47 Å². The Balaban J connectivity index is 2.08. The minimum absolute atomic E-state index is 0.151. The molecule has 0 aliphatic carbocycles. The normalized spacial score (nSPS) is 24.2. The number of aryl methyl sites for hydroxylation is 2. The fourth-order valence-electron chi connectivity index (χ4n) is 2.19. The molecule has 1 saturated heterocycles. The molecule has 0 saturated carbocycles. The van der Waals surface area contributed by atoms with Crippen LogP contribution in [0.1, 0.15) is 31.2 Å². The predicted molar refractivity (Wildman–Crippen MR) is 67.9 cm³/mol. The van der Waals surface area contributed by atoms with Crippen LogP contribution < -0.4 is 0 Å². The zero-order valence-electron chi connectivity index (χ0n) is 10.4. The molecule has 0 radical (unpaired) electrons. The zero-order chi connectivity index (χ0) is 12.6. The number of nitrogens with zero attached hydrogens (tertiary/aromatic N) is 2. The van der Waals surface area contributed by atoms with Gasteiger partial charge in [0.25, 0.3) is 0 Å². The lowest BCUT2D eigenvalue weighted by molar-refractivity contribution is -0.128. The van der Waals surface area contributed by atoms with E-state index in [1.807, 2.05) is 20.9 Å². The van der Waals surface area contributed by atoms with Crippen molar-refractivity contribution >= 4 is 21.7 Å². The molecule has 2 rings (SSSR count). The van der Waals surface area contributed by atoms with Crippen LogP contribution in [0.2, 0.25) is 0 Å². The number of Topliss-reactive ketones (excluding diaryl/α,β-unsaturated/α-hetero) is 1. The van der Waals surface area contributed by atoms with E-state index >= 15 is 0 Å². The molecule has 1 fully saturated rings. The Bertz CT molecular complexity index is 442. The number of ketones is 1. The van der Waals surface area contributed by atoms with Gasteiger partial charge in [0.2, 0.25) is 0 Å². The molecule has 1 aliphatic heterocycles. The predicted octanol–water partition coefficient (Wildman–Crippen LogP) is 2.17. The average Bonchev–Trinajstić information content (AvgIpc) is 2.79. The zero-order valence-corrected chi connectivity index (χ0v) is 12.0. The number of aromatic nitrogens is 2. The minimum atomic E-state index is -0.230. The average molecular weight is 301 g/mol. The Kier molecular flexibility index (Phi) is 3.68. The Labute approximate surface area is 109 Å². The van der Waals surface area contributed by atoms with Crippen LogP contribution in [0.4, 0.5) is 0 Å². The lowest BCUT2D eigenvalue weighted by Crippen LogP contribution is -2.23. The lowest BCUT2D eigenvalue weighted by Gasteiger charge is -2.10. The minimum Gasteiger partial charge on any atom is -0.367 e. The maximum atomic E-state index is 12.1. The van der Waals surface area contributed by atoms with E-state index in [-0.39, 0.29) is 18.0 Å². The van der Waals surface area contributed by atoms with E-state index in [4.69, 9.17) is 4.74 Å². The third-order valence-corrected chi connectivity index (χ3v) is 4.23. The Morgan fingerprint density at radius 2 is 2.29 bits per heavy atom. The number of carbonyl (C=O) groups excluding carboxylic acids is 1. The summed E-state index contributed by atoms with van der Waals surface area (Å²) in [4.78, 5) is 12.1. The molecule has 0 spiro atoms. The Morgan fingerprint density at radius 1 is 1.59 bits per heavy atom. The molecular weight excluding hydrogens is 284 g/mol. The molecule has 4 nitrogen and oxygen atoms in total. The second-order valence-corrected chi connectivity index (χ2v) is 5.42. The van der Waals surface area contributed by atoms with E-state index in [2.05, 4.69) is 21.0 Å². The second kappa shape index (κ2) is 4.90. The highest BCUT2D eigenvalue weighted by molar-refractivity contribution is 9.10. The van der Waals surface area contributed by atoms with Crippen molar-refractivity contribution in [3.8, 4) is 0 Å². The van der Waals surface area contributed by atoms with Crippen LogP contribution in [-0.2, 0) is 23.0 Å². The van der Waals surface area contributed by atoms with Crippen molar-refractivity contribution in [3.05, 3.63) is 15.9 Å². The first-order valence-electron chi connectivity index (χ1n) is 5.85. The smallest absolute Gasteiger partial charge is 0.167 e. The van der Waals surface area contributed by atoms with Gasteiger partial charge in [0.05, 0.1) is 28.4 Å². The maximum absolute atomic E-state index is 12.1. The summed E-state index contributed by atoms with van der Waals surface area (Å²) in [7, 11) is 1.86. The van der Waals surface area contributed by atoms with Gasteiger partial charge >= 0.3 is 0 Å². The quantitative estimate of drug-likeness (QED) is 0.859. The number of halogens is 1.